The fourth-order valence-electron chi connectivity index (χ4n) is 4.87. The van der Waals surface area contributed by atoms with Crippen LogP contribution in [0.25, 0.3) is 0 Å². The van der Waals surface area contributed by atoms with Gasteiger partial charge in [-0.1, -0.05) is 18.5 Å². The monoisotopic (exact) mass is 439 g/mol. The number of carbonyl (C=O) groups excluding carboxylic acids is 1. The van der Waals surface area contributed by atoms with Crippen molar-refractivity contribution in [1.82, 2.24) is 14.9 Å². The maximum absolute atomic E-state index is 13.1. The highest BCUT2D eigenvalue weighted by atomic mass is 35.5. The SMILES string of the molecule is CC1CCN(c2nc3c(c(N4CCCC4)n2)CN(C(=O)c2ccc(Cl)cc2)CC3)CC1. The Morgan fingerprint density at radius 1 is 0.968 bits per heavy atom. The van der Waals surface area contributed by atoms with E-state index in [1.807, 2.05) is 4.90 Å². The molecule has 4 heterocycles. The smallest absolute Gasteiger partial charge is 0.254 e. The Balaban J connectivity index is 1.44. The van der Waals surface area contributed by atoms with E-state index in [2.05, 4.69) is 16.7 Å². The molecule has 2 saturated heterocycles. The second-order valence-electron chi connectivity index (χ2n) is 9.12. The van der Waals surface area contributed by atoms with Gasteiger partial charge >= 0.3 is 0 Å². The van der Waals surface area contributed by atoms with Crippen LogP contribution in [0.5, 0.6) is 0 Å². The van der Waals surface area contributed by atoms with E-state index >= 15 is 0 Å². The van der Waals surface area contributed by atoms with Gasteiger partial charge < -0.3 is 14.7 Å². The molecule has 0 N–H and O–H groups in total. The van der Waals surface area contributed by atoms with Crippen molar-refractivity contribution in [2.24, 2.45) is 5.92 Å². The Bertz CT molecular complexity index is 949. The van der Waals surface area contributed by atoms with Gasteiger partial charge in [0, 0.05) is 55.3 Å². The molecule has 1 aromatic heterocycles. The number of piperidine rings is 1. The number of rotatable bonds is 3. The van der Waals surface area contributed by atoms with Crippen molar-refractivity contribution in [3.05, 3.63) is 46.1 Å². The second kappa shape index (κ2) is 8.65. The Morgan fingerprint density at radius 2 is 1.68 bits per heavy atom. The summed E-state index contributed by atoms with van der Waals surface area (Å²) in [6, 6.07) is 7.16. The lowest BCUT2D eigenvalue weighted by atomic mass is 9.99. The molecule has 31 heavy (non-hydrogen) atoms. The molecule has 0 saturated carbocycles. The lowest BCUT2D eigenvalue weighted by Gasteiger charge is -2.35. The number of benzene rings is 1. The first-order valence-corrected chi connectivity index (χ1v) is 11.9. The highest BCUT2D eigenvalue weighted by Gasteiger charge is 2.30. The van der Waals surface area contributed by atoms with Gasteiger partial charge in [0.15, 0.2) is 0 Å². The van der Waals surface area contributed by atoms with Crippen LogP contribution < -0.4 is 9.80 Å². The molecule has 5 rings (SSSR count). The number of hydrogen-bond acceptors (Lipinski definition) is 5. The van der Waals surface area contributed by atoms with E-state index in [0.29, 0.717) is 23.7 Å². The molecule has 7 heteroatoms. The van der Waals surface area contributed by atoms with Crippen LogP contribution in [0.4, 0.5) is 11.8 Å². The third-order valence-electron chi connectivity index (χ3n) is 6.88. The standard InChI is InChI=1S/C24H30ClN5O/c1-17-8-13-29(14-9-17)24-26-21-10-15-30(23(31)18-4-6-19(25)7-5-18)16-20(21)22(27-24)28-11-2-3-12-28/h4-7,17H,2-3,8-16H2,1H3. The van der Waals surface area contributed by atoms with Crippen molar-refractivity contribution < 1.29 is 4.79 Å². The van der Waals surface area contributed by atoms with Crippen LogP contribution in [-0.2, 0) is 13.0 Å². The molecule has 164 valence electrons. The summed E-state index contributed by atoms with van der Waals surface area (Å²) in [6.45, 7) is 7.70. The first kappa shape index (κ1) is 20.6. The fourth-order valence-corrected chi connectivity index (χ4v) is 5.00. The van der Waals surface area contributed by atoms with Crippen molar-refractivity contribution in [3.63, 3.8) is 0 Å². The number of aromatic nitrogens is 2. The number of fused-ring (bicyclic) bond motifs is 1. The molecule has 0 spiro atoms. The Morgan fingerprint density at radius 3 is 2.39 bits per heavy atom. The maximum atomic E-state index is 13.1. The quantitative estimate of drug-likeness (QED) is 0.718. The van der Waals surface area contributed by atoms with Gasteiger partial charge in [-0.05, 0) is 55.9 Å². The summed E-state index contributed by atoms with van der Waals surface area (Å²) >= 11 is 6.00. The van der Waals surface area contributed by atoms with Crippen molar-refractivity contribution in [2.75, 3.05) is 42.5 Å². The number of nitrogens with zero attached hydrogens (tertiary/aromatic N) is 5. The van der Waals surface area contributed by atoms with Gasteiger partial charge in [0.1, 0.15) is 5.82 Å². The number of anilines is 2. The summed E-state index contributed by atoms with van der Waals surface area (Å²) in [5, 5.41) is 0.643. The summed E-state index contributed by atoms with van der Waals surface area (Å²) in [5.41, 5.74) is 2.92. The second-order valence-corrected chi connectivity index (χ2v) is 9.56. The van der Waals surface area contributed by atoms with Crippen LogP contribution in [0.2, 0.25) is 5.02 Å². The molecule has 2 fully saturated rings. The fraction of sp³-hybridized carbons (Fsp3) is 0.542. The number of hydrogen-bond donors (Lipinski definition) is 0. The molecule has 2 aromatic rings. The highest BCUT2D eigenvalue weighted by Crippen LogP contribution is 2.32. The van der Waals surface area contributed by atoms with E-state index in [-0.39, 0.29) is 5.91 Å². The van der Waals surface area contributed by atoms with E-state index in [0.717, 1.165) is 61.5 Å². The molecule has 3 aliphatic rings. The first-order valence-electron chi connectivity index (χ1n) is 11.5. The Kier molecular flexibility index (Phi) is 5.74. The van der Waals surface area contributed by atoms with Crippen molar-refractivity contribution in [2.45, 2.75) is 45.6 Å². The van der Waals surface area contributed by atoms with Crippen molar-refractivity contribution in [3.8, 4) is 0 Å². The topological polar surface area (TPSA) is 52.6 Å². The average molecular weight is 440 g/mol. The van der Waals surface area contributed by atoms with Gasteiger partial charge in [0.2, 0.25) is 5.95 Å². The lowest BCUT2D eigenvalue weighted by Crippen LogP contribution is -2.39. The number of carbonyl (C=O) groups is 1. The molecule has 0 aliphatic carbocycles. The third-order valence-corrected chi connectivity index (χ3v) is 7.13. The Labute approximate surface area is 189 Å². The molecule has 1 aromatic carbocycles. The summed E-state index contributed by atoms with van der Waals surface area (Å²) < 4.78 is 0. The highest BCUT2D eigenvalue weighted by molar-refractivity contribution is 6.30. The molecular weight excluding hydrogens is 410 g/mol. The van der Waals surface area contributed by atoms with Crippen LogP contribution in [-0.4, -0.2) is 53.5 Å². The minimum Gasteiger partial charge on any atom is -0.356 e. The minimum atomic E-state index is 0.0452. The lowest BCUT2D eigenvalue weighted by molar-refractivity contribution is 0.0733. The summed E-state index contributed by atoms with van der Waals surface area (Å²) in [7, 11) is 0. The van der Waals surface area contributed by atoms with Gasteiger partial charge in [-0.25, -0.2) is 4.98 Å². The molecule has 3 aliphatic heterocycles. The van der Waals surface area contributed by atoms with Gasteiger partial charge in [-0.3, -0.25) is 4.79 Å². The summed E-state index contributed by atoms with van der Waals surface area (Å²) in [6.07, 6.45) is 5.56. The van der Waals surface area contributed by atoms with Gasteiger partial charge in [-0.15, -0.1) is 0 Å². The van der Waals surface area contributed by atoms with E-state index in [4.69, 9.17) is 21.6 Å². The molecular formula is C24H30ClN5O. The summed E-state index contributed by atoms with van der Waals surface area (Å²) in [5.74, 6) is 2.75. The molecule has 0 radical (unpaired) electrons. The van der Waals surface area contributed by atoms with E-state index in [1.165, 1.54) is 25.7 Å². The van der Waals surface area contributed by atoms with Crippen LogP contribution in [0.3, 0.4) is 0 Å². The molecule has 0 unspecified atom stereocenters. The first-order chi connectivity index (χ1) is 15.1. The molecule has 0 atom stereocenters. The van der Waals surface area contributed by atoms with Gasteiger partial charge in [0.05, 0.1) is 12.2 Å². The summed E-state index contributed by atoms with van der Waals surface area (Å²) in [4.78, 5) is 29.9. The largest absolute Gasteiger partial charge is 0.356 e. The van der Waals surface area contributed by atoms with Gasteiger partial charge in [-0.2, -0.15) is 4.98 Å². The zero-order valence-corrected chi connectivity index (χ0v) is 18.9. The minimum absolute atomic E-state index is 0.0452. The van der Waals surface area contributed by atoms with E-state index < -0.39 is 0 Å². The predicted molar refractivity (Wildman–Crippen MR) is 124 cm³/mol. The number of halogens is 1. The Hall–Kier alpha value is -2.34. The third kappa shape index (κ3) is 4.22. The molecule has 6 nitrogen and oxygen atoms in total. The van der Waals surface area contributed by atoms with E-state index in [1.54, 1.807) is 24.3 Å². The molecule has 0 bridgehead atoms. The zero-order chi connectivity index (χ0) is 21.4. The van der Waals surface area contributed by atoms with E-state index in [9.17, 15) is 4.79 Å². The maximum Gasteiger partial charge on any atom is 0.254 e. The van der Waals surface area contributed by atoms with Crippen LogP contribution in [0, 0.1) is 5.92 Å². The molecule has 1 amide bonds. The van der Waals surface area contributed by atoms with Crippen molar-refractivity contribution in [1.29, 1.82) is 0 Å². The predicted octanol–water partition coefficient (Wildman–Crippen LogP) is 4.17. The average Bonchev–Trinajstić information content (AvgIpc) is 3.33. The van der Waals surface area contributed by atoms with Crippen molar-refractivity contribution >= 4 is 29.3 Å². The van der Waals surface area contributed by atoms with Gasteiger partial charge in [0.25, 0.3) is 5.91 Å². The van der Waals surface area contributed by atoms with Crippen LogP contribution in [0.15, 0.2) is 24.3 Å². The number of amides is 1. The zero-order valence-electron chi connectivity index (χ0n) is 18.2. The van der Waals surface area contributed by atoms with Crippen LogP contribution in [0.1, 0.15) is 54.2 Å². The van der Waals surface area contributed by atoms with Crippen LogP contribution >= 0.6 is 11.6 Å². The normalized spacial score (nSPS) is 19.6.